The molecule has 0 aromatic rings. The molecule has 1 saturated heterocycles. The zero-order chi connectivity index (χ0) is 9.10. The summed E-state index contributed by atoms with van der Waals surface area (Å²) in [4.78, 5) is 11.4. The van der Waals surface area contributed by atoms with Crippen LogP contribution < -0.4 is 0 Å². The van der Waals surface area contributed by atoms with Gasteiger partial charge in [0.1, 0.15) is 0 Å². The highest BCUT2D eigenvalue weighted by Crippen LogP contribution is 2.16. The molecule has 0 unspecified atom stereocenters. The van der Waals surface area contributed by atoms with Crippen molar-refractivity contribution in [1.29, 1.82) is 0 Å². The van der Waals surface area contributed by atoms with E-state index in [1.54, 1.807) is 0 Å². The summed E-state index contributed by atoms with van der Waals surface area (Å²) < 4.78 is 15.4. The van der Waals surface area contributed by atoms with Gasteiger partial charge in [0, 0.05) is 6.42 Å². The number of allylic oxidation sites excluding steroid dienone is 1. The van der Waals surface area contributed by atoms with Crippen LogP contribution in [0.4, 0.5) is 0 Å². The zero-order valence-corrected chi connectivity index (χ0v) is 7.32. The highest BCUT2D eigenvalue weighted by Gasteiger charge is 2.23. The van der Waals surface area contributed by atoms with Gasteiger partial charge in [0.15, 0.2) is 12.0 Å². The molecule has 2 heterocycles. The van der Waals surface area contributed by atoms with Gasteiger partial charge < -0.3 is 14.2 Å². The van der Waals surface area contributed by atoms with Gasteiger partial charge in [-0.2, -0.15) is 0 Å². The Morgan fingerprint density at radius 1 is 1.38 bits per heavy atom. The summed E-state index contributed by atoms with van der Waals surface area (Å²) in [5.74, 6) is 0.448. The van der Waals surface area contributed by atoms with Gasteiger partial charge in [0.2, 0.25) is 5.78 Å². The summed E-state index contributed by atoms with van der Waals surface area (Å²) in [6.07, 6.45) is 2.55. The fourth-order valence-corrected chi connectivity index (χ4v) is 1.39. The number of carbonyl (C=O) groups is 1. The molecule has 1 fully saturated rings. The van der Waals surface area contributed by atoms with Crippen molar-refractivity contribution in [2.75, 3.05) is 19.8 Å². The Hall–Kier alpha value is -0.870. The maximum Gasteiger partial charge on any atom is 0.202 e. The van der Waals surface area contributed by atoms with Crippen LogP contribution in [0.1, 0.15) is 12.8 Å². The van der Waals surface area contributed by atoms with Crippen LogP contribution in [0, 0.1) is 0 Å². The minimum Gasteiger partial charge on any atom is -0.490 e. The second-order valence-corrected chi connectivity index (χ2v) is 3.00. The van der Waals surface area contributed by atoms with Crippen molar-refractivity contribution in [3.05, 3.63) is 11.8 Å². The predicted octanol–water partition coefficient (Wildman–Crippen LogP) is 0.623. The summed E-state index contributed by atoms with van der Waals surface area (Å²) >= 11 is 0. The Bertz CT molecular complexity index is 228. The minimum atomic E-state index is -0.363. The summed E-state index contributed by atoms with van der Waals surface area (Å²) in [6.45, 7) is 1.78. The van der Waals surface area contributed by atoms with Crippen LogP contribution in [0.2, 0.25) is 0 Å². The van der Waals surface area contributed by atoms with Gasteiger partial charge in [-0.1, -0.05) is 0 Å². The monoisotopic (exact) mass is 184 g/mol. The first kappa shape index (κ1) is 8.72. The molecule has 0 bridgehead atoms. The Morgan fingerprint density at radius 3 is 2.77 bits per heavy atom. The molecular weight excluding hydrogens is 172 g/mol. The van der Waals surface area contributed by atoms with E-state index in [-0.39, 0.29) is 18.5 Å². The maximum absolute atomic E-state index is 11.4. The van der Waals surface area contributed by atoms with Crippen LogP contribution in [0.25, 0.3) is 0 Å². The van der Waals surface area contributed by atoms with Gasteiger partial charge >= 0.3 is 0 Å². The maximum atomic E-state index is 11.4. The van der Waals surface area contributed by atoms with Crippen molar-refractivity contribution < 1.29 is 19.0 Å². The lowest BCUT2D eigenvalue weighted by Crippen LogP contribution is -2.15. The van der Waals surface area contributed by atoms with E-state index in [2.05, 4.69) is 0 Å². The number of hydrogen-bond acceptors (Lipinski definition) is 4. The Balaban J connectivity index is 1.83. The van der Waals surface area contributed by atoms with Gasteiger partial charge in [-0.3, -0.25) is 4.79 Å². The lowest BCUT2D eigenvalue weighted by Gasteiger charge is -2.07. The van der Waals surface area contributed by atoms with Gasteiger partial charge in [-0.25, -0.2) is 0 Å². The molecule has 0 aromatic carbocycles. The molecule has 2 aliphatic rings. The third kappa shape index (κ3) is 2.08. The number of carbonyl (C=O) groups excluding carboxylic acids is 1. The third-order valence-electron chi connectivity index (χ3n) is 2.02. The van der Waals surface area contributed by atoms with Crippen molar-refractivity contribution in [2.45, 2.75) is 19.1 Å². The van der Waals surface area contributed by atoms with Crippen LogP contribution in [0.15, 0.2) is 11.8 Å². The van der Waals surface area contributed by atoms with E-state index in [1.807, 2.05) is 6.08 Å². The molecule has 2 rings (SSSR count). The van der Waals surface area contributed by atoms with Gasteiger partial charge in [0.25, 0.3) is 0 Å². The first-order valence-corrected chi connectivity index (χ1v) is 4.45. The van der Waals surface area contributed by atoms with Gasteiger partial charge in [-0.15, -0.1) is 0 Å². The average molecular weight is 184 g/mol. The summed E-state index contributed by atoms with van der Waals surface area (Å²) in [5, 5.41) is 0. The molecule has 0 saturated carbocycles. The molecule has 0 amide bonds. The fourth-order valence-electron chi connectivity index (χ4n) is 1.39. The lowest BCUT2D eigenvalue weighted by molar-refractivity contribution is -0.126. The normalized spacial score (nSPS) is 22.9. The van der Waals surface area contributed by atoms with Gasteiger partial charge in [-0.05, 0) is 6.08 Å². The molecule has 13 heavy (non-hydrogen) atoms. The SMILES string of the molecule is O=C(CC1OCCO1)C1=CCCO1. The van der Waals surface area contributed by atoms with Crippen LogP contribution in [0.3, 0.4) is 0 Å². The molecule has 2 aliphatic heterocycles. The highest BCUT2D eigenvalue weighted by atomic mass is 16.7. The smallest absolute Gasteiger partial charge is 0.202 e. The topological polar surface area (TPSA) is 44.8 Å². The van der Waals surface area contributed by atoms with Crippen LogP contribution >= 0.6 is 0 Å². The largest absolute Gasteiger partial charge is 0.490 e. The van der Waals surface area contributed by atoms with E-state index in [0.29, 0.717) is 25.6 Å². The molecular formula is C9H12O4. The lowest BCUT2D eigenvalue weighted by atomic mass is 10.2. The number of ether oxygens (including phenoxy) is 3. The van der Waals surface area contributed by atoms with E-state index in [1.165, 1.54) is 0 Å². The van der Waals surface area contributed by atoms with E-state index in [4.69, 9.17) is 14.2 Å². The van der Waals surface area contributed by atoms with Crippen molar-refractivity contribution in [1.82, 2.24) is 0 Å². The first-order chi connectivity index (χ1) is 6.36. The molecule has 4 nitrogen and oxygen atoms in total. The highest BCUT2D eigenvalue weighted by molar-refractivity contribution is 5.93. The van der Waals surface area contributed by atoms with E-state index in [0.717, 1.165) is 6.42 Å². The van der Waals surface area contributed by atoms with Crippen molar-refractivity contribution >= 4 is 5.78 Å². The predicted molar refractivity (Wildman–Crippen MR) is 44.0 cm³/mol. The second kappa shape index (κ2) is 3.89. The van der Waals surface area contributed by atoms with E-state index in [9.17, 15) is 4.79 Å². The van der Waals surface area contributed by atoms with Crippen LogP contribution in [-0.4, -0.2) is 31.9 Å². The third-order valence-corrected chi connectivity index (χ3v) is 2.02. The molecule has 0 spiro atoms. The Kier molecular flexibility index (Phi) is 2.61. The average Bonchev–Trinajstić information content (AvgIpc) is 2.74. The quantitative estimate of drug-likeness (QED) is 0.645. The number of ketones is 1. The molecule has 0 atom stereocenters. The van der Waals surface area contributed by atoms with E-state index < -0.39 is 0 Å². The van der Waals surface area contributed by atoms with Crippen LogP contribution in [-0.2, 0) is 19.0 Å². The number of Topliss-reactive ketones (excluding diaryl/α,β-unsaturated/α-hetero) is 1. The van der Waals surface area contributed by atoms with Gasteiger partial charge in [0.05, 0.1) is 26.2 Å². The minimum absolute atomic E-state index is 0.0237. The molecule has 0 aliphatic carbocycles. The molecule has 4 heteroatoms. The summed E-state index contributed by atoms with van der Waals surface area (Å²) in [5.41, 5.74) is 0. The van der Waals surface area contributed by atoms with Crippen molar-refractivity contribution in [2.24, 2.45) is 0 Å². The fraction of sp³-hybridized carbons (Fsp3) is 0.667. The standard InChI is InChI=1S/C9H12O4/c10-7(8-2-1-3-11-8)6-9-12-4-5-13-9/h2,9H,1,3-6H2. The molecule has 0 radical (unpaired) electrons. The first-order valence-electron chi connectivity index (χ1n) is 4.45. The Labute approximate surface area is 76.5 Å². The second-order valence-electron chi connectivity index (χ2n) is 3.00. The summed E-state index contributed by atoms with van der Waals surface area (Å²) in [6, 6.07) is 0. The summed E-state index contributed by atoms with van der Waals surface area (Å²) in [7, 11) is 0. The van der Waals surface area contributed by atoms with Crippen molar-refractivity contribution in [3.63, 3.8) is 0 Å². The zero-order valence-electron chi connectivity index (χ0n) is 7.32. The molecule has 0 N–H and O–H groups in total. The van der Waals surface area contributed by atoms with Crippen LogP contribution in [0.5, 0.6) is 0 Å². The Morgan fingerprint density at radius 2 is 2.15 bits per heavy atom. The number of hydrogen-bond donors (Lipinski definition) is 0. The molecule has 0 aromatic heterocycles. The van der Waals surface area contributed by atoms with E-state index >= 15 is 0 Å². The molecule has 72 valence electrons. The van der Waals surface area contributed by atoms with Crippen molar-refractivity contribution in [3.8, 4) is 0 Å². The number of rotatable bonds is 3.